The maximum absolute atomic E-state index is 13.0. The molecule has 3 rings (SSSR count). The molecule has 2 saturated carbocycles. The van der Waals surface area contributed by atoms with Crippen LogP contribution in [0.15, 0.2) is 24.3 Å². The predicted octanol–water partition coefficient (Wildman–Crippen LogP) is 3.86. The van der Waals surface area contributed by atoms with Crippen LogP contribution < -0.4 is 4.72 Å². The van der Waals surface area contributed by atoms with Crippen molar-refractivity contribution in [2.45, 2.75) is 63.3 Å². The highest BCUT2D eigenvalue weighted by molar-refractivity contribution is 7.89. The average molecular weight is 364 g/mol. The molecule has 4 nitrogen and oxygen atoms in total. The smallest absolute Gasteiger partial charge is 0.212 e. The van der Waals surface area contributed by atoms with E-state index in [0.717, 1.165) is 44.1 Å². The van der Waals surface area contributed by atoms with E-state index in [1.165, 1.54) is 12.1 Å². The van der Waals surface area contributed by atoms with Gasteiger partial charge in [0.15, 0.2) is 0 Å². The minimum absolute atomic E-state index is 0.0566. The monoisotopic (exact) mass is 364 g/mol. The molecule has 0 bridgehead atoms. The first-order valence-corrected chi connectivity index (χ1v) is 10.7. The Hall–Kier alpha value is -1.45. The highest BCUT2D eigenvalue weighted by Crippen LogP contribution is 2.39. The molecule has 0 spiro atoms. The van der Waals surface area contributed by atoms with E-state index in [9.17, 15) is 18.1 Å². The molecule has 1 aromatic rings. The van der Waals surface area contributed by atoms with Gasteiger partial charge in [0.2, 0.25) is 10.0 Å². The van der Waals surface area contributed by atoms with Crippen LogP contribution in [-0.4, -0.2) is 20.2 Å². The summed E-state index contributed by atoms with van der Waals surface area (Å²) in [4.78, 5) is 0. The van der Waals surface area contributed by atoms with Gasteiger partial charge in [-0.25, -0.2) is 17.5 Å². The van der Waals surface area contributed by atoms with E-state index in [4.69, 9.17) is 0 Å². The van der Waals surface area contributed by atoms with Crippen molar-refractivity contribution in [2.75, 3.05) is 5.75 Å². The lowest BCUT2D eigenvalue weighted by atomic mass is 9.82. The third-order valence-corrected chi connectivity index (χ3v) is 7.30. The number of rotatable bonds is 5. The maximum Gasteiger partial charge on any atom is 0.213 e. The van der Waals surface area contributed by atoms with Gasteiger partial charge in [0.1, 0.15) is 5.82 Å². The zero-order chi connectivity index (χ0) is 17.9. The van der Waals surface area contributed by atoms with Crippen molar-refractivity contribution in [3.05, 3.63) is 35.6 Å². The lowest BCUT2D eigenvalue weighted by molar-refractivity contribution is 0.370. The molecule has 0 aliphatic heterocycles. The van der Waals surface area contributed by atoms with Crippen molar-refractivity contribution < 1.29 is 12.8 Å². The summed E-state index contributed by atoms with van der Waals surface area (Å²) in [6.07, 6.45) is 6.58. The summed E-state index contributed by atoms with van der Waals surface area (Å²) in [5.74, 6) is 0.0548. The third-order valence-electron chi connectivity index (χ3n) is 5.68. The summed E-state index contributed by atoms with van der Waals surface area (Å²) in [6, 6.07) is 8.80. The van der Waals surface area contributed by atoms with Gasteiger partial charge in [-0.1, -0.05) is 25.0 Å². The molecule has 136 valence electrons. The number of nitrogens with zero attached hydrogens (tertiary/aromatic N) is 1. The van der Waals surface area contributed by atoms with E-state index in [1.54, 1.807) is 0 Å². The molecular formula is C19H25FN2O2S. The van der Waals surface area contributed by atoms with Crippen molar-refractivity contribution in [1.82, 2.24) is 4.72 Å². The summed E-state index contributed by atoms with van der Waals surface area (Å²) in [5.41, 5.74) is 0.425. The zero-order valence-electron chi connectivity index (χ0n) is 14.4. The van der Waals surface area contributed by atoms with Crippen LogP contribution in [0.2, 0.25) is 0 Å². The summed E-state index contributed by atoms with van der Waals surface area (Å²) < 4.78 is 40.9. The number of hydrogen-bond acceptors (Lipinski definition) is 3. The molecular weight excluding hydrogens is 339 g/mol. The van der Waals surface area contributed by atoms with Crippen LogP contribution in [0, 0.1) is 22.6 Å². The van der Waals surface area contributed by atoms with Gasteiger partial charge in [0.05, 0.1) is 17.2 Å². The molecule has 2 aliphatic rings. The van der Waals surface area contributed by atoms with E-state index >= 15 is 0 Å². The van der Waals surface area contributed by atoms with Crippen LogP contribution in [0.5, 0.6) is 0 Å². The quantitative estimate of drug-likeness (QED) is 0.862. The second-order valence-corrected chi connectivity index (χ2v) is 9.33. The molecule has 0 atom stereocenters. The minimum Gasteiger partial charge on any atom is -0.212 e. The maximum atomic E-state index is 13.0. The number of halogens is 1. The van der Waals surface area contributed by atoms with Crippen molar-refractivity contribution in [3.63, 3.8) is 0 Å². The van der Waals surface area contributed by atoms with Gasteiger partial charge < -0.3 is 0 Å². The third kappa shape index (κ3) is 4.59. The molecule has 1 N–H and O–H groups in total. The van der Waals surface area contributed by atoms with E-state index in [2.05, 4.69) is 10.8 Å². The summed E-state index contributed by atoms with van der Waals surface area (Å²) in [5, 5.41) is 9.40. The van der Waals surface area contributed by atoms with Crippen LogP contribution in [0.3, 0.4) is 0 Å². The van der Waals surface area contributed by atoms with E-state index in [1.807, 2.05) is 12.1 Å². The number of nitriles is 1. The van der Waals surface area contributed by atoms with E-state index in [0.29, 0.717) is 18.8 Å². The number of hydrogen-bond donors (Lipinski definition) is 1. The van der Waals surface area contributed by atoms with Crippen molar-refractivity contribution in [1.29, 1.82) is 5.26 Å². The van der Waals surface area contributed by atoms with E-state index < -0.39 is 15.4 Å². The first-order chi connectivity index (χ1) is 11.9. The van der Waals surface area contributed by atoms with E-state index in [-0.39, 0.29) is 17.6 Å². The first-order valence-electron chi connectivity index (χ1n) is 9.08. The van der Waals surface area contributed by atoms with Crippen molar-refractivity contribution in [3.8, 4) is 6.07 Å². The Morgan fingerprint density at radius 1 is 1.12 bits per heavy atom. The topological polar surface area (TPSA) is 70.0 Å². The Morgan fingerprint density at radius 3 is 2.28 bits per heavy atom. The Balaban J connectivity index is 1.54. The van der Waals surface area contributed by atoms with Gasteiger partial charge in [-0.3, -0.25) is 0 Å². The standard InChI is InChI=1S/C19H25FN2O2S/c20-17-7-3-15(4-8-17)16-5-9-18(10-6-16)22-25(23,24)14-19(13-21)11-1-2-12-19/h3-4,7-8,16,18,22H,1-2,5-6,9-12,14H2. The predicted molar refractivity (Wildman–Crippen MR) is 94.8 cm³/mol. The molecule has 0 aromatic heterocycles. The zero-order valence-corrected chi connectivity index (χ0v) is 15.2. The number of benzene rings is 1. The average Bonchev–Trinajstić information content (AvgIpc) is 3.04. The van der Waals surface area contributed by atoms with Gasteiger partial charge in [-0.15, -0.1) is 0 Å². The molecule has 2 aliphatic carbocycles. The molecule has 2 fully saturated rings. The van der Waals surface area contributed by atoms with Gasteiger partial charge in [-0.05, 0) is 62.1 Å². The molecule has 6 heteroatoms. The van der Waals surface area contributed by atoms with Gasteiger partial charge in [0.25, 0.3) is 0 Å². The summed E-state index contributed by atoms with van der Waals surface area (Å²) in [7, 11) is -3.44. The summed E-state index contributed by atoms with van der Waals surface area (Å²) >= 11 is 0. The SMILES string of the molecule is N#CC1(CS(=O)(=O)NC2CCC(c3ccc(F)cc3)CC2)CCCC1. The van der Waals surface area contributed by atoms with Gasteiger partial charge in [0, 0.05) is 6.04 Å². The number of nitrogens with one attached hydrogen (secondary N) is 1. The van der Waals surface area contributed by atoms with Crippen LogP contribution in [-0.2, 0) is 10.0 Å². The normalized spacial score (nSPS) is 26.2. The Kier molecular flexibility index (Phi) is 5.45. The Labute approximate surface area is 149 Å². The first kappa shape index (κ1) is 18.3. The van der Waals surface area contributed by atoms with Crippen LogP contribution in [0.25, 0.3) is 0 Å². The van der Waals surface area contributed by atoms with Crippen molar-refractivity contribution >= 4 is 10.0 Å². The molecule has 1 aromatic carbocycles. The molecule has 0 radical (unpaired) electrons. The molecule has 0 amide bonds. The minimum atomic E-state index is -3.44. The second kappa shape index (κ2) is 7.43. The fourth-order valence-corrected chi connectivity index (χ4v) is 6.19. The van der Waals surface area contributed by atoms with Gasteiger partial charge in [-0.2, -0.15) is 5.26 Å². The Bertz CT molecular complexity index is 726. The number of sulfonamides is 1. The molecule has 0 saturated heterocycles. The van der Waals surface area contributed by atoms with Crippen molar-refractivity contribution in [2.24, 2.45) is 5.41 Å². The van der Waals surface area contributed by atoms with Crippen LogP contribution in [0.4, 0.5) is 4.39 Å². The second-order valence-electron chi connectivity index (χ2n) is 7.58. The molecule has 25 heavy (non-hydrogen) atoms. The van der Waals surface area contributed by atoms with Crippen LogP contribution in [0.1, 0.15) is 62.8 Å². The highest BCUT2D eigenvalue weighted by atomic mass is 32.2. The molecule has 0 unspecified atom stereocenters. The Morgan fingerprint density at radius 2 is 1.72 bits per heavy atom. The molecule has 0 heterocycles. The highest BCUT2D eigenvalue weighted by Gasteiger charge is 2.39. The fourth-order valence-electron chi connectivity index (χ4n) is 4.28. The van der Waals surface area contributed by atoms with Gasteiger partial charge >= 0.3 is 0 Å². The van der Waals surface area contributed by atoms with Crippen LogP contribution >= 0.6 is 0 Å². The largest absolute Gasteiger partial charge is 0.213 e. The lowest BCUT2D eigenvalue weighted by Crippen LogP contribution is -2.42. The lowest BCUT2D eigenvalue weighted by Gasteiger charge is -2.30. The fraction of sp³-hybridized carbons (Fsp3) is 0.632. The summed E-state index contributed by atoms with van der Waals surface area (Å²) in [6.45, 7) is 0.